The van der Waals surface area contributed by atoms with Gasteiger partial charge in [-0.2, -0.15) is 0 Å². The lowest BCUT2D eigenvalue weighted by atomic mass is 10.1. The van der Waals surface area contributed by atoms with E-state index < -0.39 is 0 Å². The Hall–Kier alpha value is -1.80. The lowest BCUT2D eigenvalue weighted by molar-refractivity contribution is 0.303. The molecule has 2 heteroatoms. The number of hydrogen-bond donors (Lipinski definition) is 1. The predicted octanol–water partition coefficient (Wildman–Crippen LogP) is 4.03. The minimum absolute atomic E-state index is 0.631. The summed E-state index contributed by atoms with van der Waals surface area (Å²) in [7, 11) is 0. The van der Waals surface area contributed by atoms with Gasteiger partial charge in [-0.15, -0.1) is 0 Å². The van der Waals surface area contributed by atoms with Crippen LogP contribution < -0.4 is 10.1 Å². The second-order valence-corrected chi connectivity index (χ2v) is 5.43. The molecule has 0 aliphatic rings. The van der Waals surface area contributed by atoms with Gasteiger partial charge in [-0.3, -0.25) is 0 Å². The lowest BCUT2D eigenvalue weighted by Gasteiger charge is -2.13. The Balaban J connectivity index is 2.02. The summed E-state index contributed by atoms with van der Waals surface area (Å²) >= 11 is 0. The van der Waals surface area contributed by atoms with Gasteiger partial charge in [0.15, 0.2) is 0 Å². The largest absolute Gasteiger partial charge is 0.489 e. The first-order chi connectivity index (χ1) is 10.2. The summed E-state index contributed by atoms with van der Waals surface area (Å²) in [5.74, 6) is 0.974. The van der Waals surface area contributed by atoms with E-state index in [1.165, 1.54) is 22.3 Å². The molecule has 21 heavy (non-hydrogen) atoms. The molecular weight excluding hydrogens is 258 g/mol. The van der Waals surface area contributed by atoms with Crippen LogP contribution in [-0.2, 0) is 13.0 Å². The van der Waals surface area contributed by atoms with E-state index >= 15 is 0 Å². The molecule has 0 bridgehead atoms. The highest BCUT2D eigenvalue weighted by Gasteiger charge is 2.04. The molecule has 0 fully saturated rings. The van der Waals surface area contributed by atoms with Crippen molar-refractivity contribution in [3.63, 3.8) is 0 Å². The van der Waals surface area contributed by atoms with Crippen molar-refractivity contribution < 1.29 is 4.74 Å². The van der Waals surface area contributed by atoms with Gasteiger partial charge in [0, 0.05) is 0 Å². The van der Waals surface area contributed by atoms with Gasteiger partial charge >= 0.3 is 0 Å². The minimum atomic E-state index is 0.631. The monoisotopic (exact) mass is 283 g/mol. The van der Waals surface area contributed by atoms with Crippen LogP contribution >= 0.6 is 0 Å². The molecule has 0 saturated heterocycles. The first-order valence-corrected chi connectivity index (χ1v) is 7.68. The van der Waals surface area contributed by atoms with Crippen molar-refractivity contribution in [2.24, 2.45) is 0 Å². The molecule has 0 aliphatic carbocycles. The number of nitrogens with one attached hydrogen (secondary N) is 1. The van der Waals surface area contributed by atoms with Crippen LogP contribution in [0.4, 0.5) is 0 Å². The summed E-state index contributed by atoms with van der Waals surface area (Å²) in [6.07, 6.45) is 1.04. The summed E-state index contributed by atoms with van der Waals surface area (Å²) in [6, 6.07) is 14.8. The Morgan fingerprint density at radius 3 is 2.48 bits per heavy atom. The third-order valence-electron chi connectivity index (χ3n) is 3.65. The molecule has 2 nitrogen and oxygen atoms in total. The minimum Gasteiger partial charge on any atom is -0.489 e. The van der Waals surface area contributed by atoms with E-state index in [-0.39, 0.29) is 0 Å². The standard InChI is InChI=1S/C19H25NO/c1-4-20-12-11-17-7-5-6-8-18(17)14-21-19-10-9-15(2)13-16(19)3/h5-10,13,20H,4,11-12,14H2,1-3H3. The van der Waals surface area contributed by atoms with Crippen molar-refractivity contribution >= 4 is 0 Å². The molecule has 0 heterocycles. The van der Waals surface area contributed by atoms with Gasteiger partial charge in [0.2, 0.25) is 0 Å². The average molecular weight is 283 g/mol. The van der Waals surface area contributed by atoms with Crippen molar-refractivity contribution in [2.45, 2.75) is 33.8 Å². The summed E-state index contributed by atoms with van der Waals surface area (Å²) in [5.41, 5.74) is 5.10. The van der Waals surface area contributed by atoms with E-state index in [1.54, 1.807) is 0 Å². The Labute approximate surface area is 128 Å². The van der Waals surface area contributed by atoms with Crippen LogP contribution in [-0.4, -0.2) is 13.1 Å². The molecule has 112 valence electrons. The van der Waals surface area contributed by atoms with E-state index in [1.807, 2.05) is 0 Å². The van der Waals surface area contributed by atoms with Crippen LogP contribution in [0.5, 0.6) is 5.75 Å². The topological polar surface area (TPSA) is 21.3 Å². The number of benzene rings is 2. The first kappa shape index (κ1) is 15.6. The number of hydrogen-bond acceptors (Lipinski definition) is 2. The van der Waals surface area contributed by atoms with Crippen LogP contribution in [0.1, 0.15) is 29.2 Å². The normalized spacial score (nSPS) is 10.6. The molecule has 0 spiro atoms. The zero-order chi connectivity index (χ0) is 15.1. The van der Waals surface area contributed by atoms with E-state index in [0.29, 0.717) is 6.61 Å². The number of rotatable bonds is 7. The number of ether oxygens (including phenoxy) is 1. The molecule has 2 rings (SSSR count). The van der Waals surface area contributed by atoms with Crippen molar-refractivity contribution in [3.05, 3.63) is 64.7 Å². The van der Waals surface area contributed by atoms with Crippen molar-refractivity contribution in [1.29, 1.82) is 0 Å². The predicted molar refractivity (Wildman–Crippen MR) is 88.9 cm³/mol. The third kappa shape index (κ3) is 4.61. The van der Waals surface area contributed by atoms with Crippen LogP contribution in [0.3, 0.4) is 0 Å². The first-order valence-electron chi connectivity index (χ1n) is 7.68. The van der Waals surface area contributed by atoms with Crippen molar-refractivity contribution in [2.75, 3.05) is 13.1 Å². The molecule has 0 atom stereocenters. The van der Waals surface area contributed by atoms with Crippen LogP contribution in [0, 0.1) is 13.8 Å². The molecule has 2 aromatic carbocycles. The zero-order valence-electron chi connectivity index (χ0n) is 13.3. The highest BCUT2D eigenvalue weighted by atomic mass is 16.5. The van der Waals surface area contributed by atoms with Crippen molar-refractivity contribution in [3.8, 4) is 5.75 Å². The van der Waals surface area contributed by atoms with Crippen molar-refractivity contribution in [1.82, 2.24) is 5.32 Å². The van der Waals surface area contributed by atoms with E-state index in [0.717, 1.165) is 25.3 Å². The number of likely N-dealkylation sites (N-methyl/N-ethyl adjacent to an activating group) is 1. The second kappa shape index (κ2) is 7.84. The summed E-state index contributed by atoms with van der Waals surface area (Å²) < 4.78 is 6.00. The van der Waals surface area contributed by atoms with E-state index in [4.69, 9.17) is 4.74 Å². The molecular formula is C19H25NO. The summed E-state index contributed by atoms with van der Waals surface area (Å²) in [4.78, 5) is 0. The summed E-state index contributed by atoms with van der Waals surface area (Å²) in [5, 5.41) is 3.37. The fourth-order valence-corrected chi connectivity index (χ4v) is 2.46. The fourth-order valence-electron chi connectivity index (χ4n) is 2.46. The van der Waals surface area contributed by atoms with Gasteiger partial charge in [-0.05, 0) is 56.1 Å². The van der Waals surface area contributed by atoms with Gasteiger partial charge < -0.3 is 10.1 Å². The zero-order valence-corrected chi connectivity index (χ0v) is 13.3. The second-order valence-electron chi connectivity index (χ2n) is 5.43. The van der Waals surface area contributed by atoms with Gasteiger partial charge in [0.05, 0.1) is 0 Å². The Kier molecular flexibility index (Phi) is 5.82. The summed E-state index contributed by atoms with van der Waals surface area (Å²) in [6.45, 7) is 8.99. The van der Waals surface area contributed by atoms with Gasteiger partial charge in [-0.25, -0.2) is 0 Å². The smallest absolute Gasteiger partial charge is 0.122 e. The lowest BCUT2D eigenvalue weighted by Crippen LogP contribution is -2.17. The molecule has 1 N–H and O–H groups in total. The van der Waals surface area contributed by atoms with E-state index in [9.17, 15) is 0 Å². The molecule has 0 aromatic heterocycles. The molecule has 0 radical (unpaired) electrons. The highest BCUT2D eigenvalue weighted by molar-refractivity contribution is 5.36. The maximum atomic E-state index is 6.00. The van der Waals surface area contributed by atoms with Crippen LogP contribution in [0.15, 0.2) is 42.5 Å². The fraction of sp³-hybridized carbons (Fsp3) is 0.368. The van der Waals surface area contributed by atoms with E-state index in [2.05, 4.69) is 68.6 Å². The third-order valence-corrected chi connectivity index (χ3v) is 3.65. The van der Waals surface area contributed by atoms with Crippen LogP contribution in [0.25, 0.3) is 0 Å². The maximum Gasteiger partial charge on any atom is 0.122 e. The highest BCUT2D eigenvalue weighted by Crippen LogP contribution is 2.21. The quantitative estimate of drug-likeness (QED) is 0.775. The number of aryl methyl sites for hydroxylation is 2. The Morgan fingerprint density at radius 2 is 1.76 bits per heavy atom. The van der Waals surface area contributed by atoms with Gasteiger partial charge in [-0.1, -0.05) is 48.9 Å². The molecule has 0 amide bonds. The van der Waals surface area contributed by atoms with Gasteiger partial charge in [0.25, 0.3) is 0 Å². The molecule has 0 unspecified atom stereocenters. The maximum absolute atomic E-state index is 6.00. The Morgan fingerprint density at radius 1 is 1.00 bits per heavy atom. The van der Waals surface area contributed by atoms with Crippen LogP contribution in [0.2, 0.25) is 0 Å². The SMILES string of the molecule is CCNCCc1ccccc1COc1ccc(C)cc1C. The molecule has 2 aromatic rings. The molecule has 0 aliphatic heterocycles. The average Bonchev–Trinajstić information content (AvgIpc) is 2.48. The molecule has 0 saturated carbocycles. The Bertz CT molecular complexity index is 578. The van der Waals surface area contributed by atoms with Gasteiger partial charge in [0.1, 0.15) is 12.4 Å².